The van der Waals surface area contributed by atoms with E-state index in [1.807, 2.05) is 0 Å². The van der Waals surface area contributed by atoms with Crippen molar-refractivity contribution in [3.05, 3.63) is 33.9 Å². The average molecular weight is 218 g/mol. The standard InChI is InChI=1S/C11H10N2O3/c12-5-1-2-10-7-8-6-9(13(14)15)3-4-11(8)16-10/h3-4,6,10H,1-2,7H2. The minimum absolute atomic E-state index is 0.0170. The first-order valence-electron chi connectivity index (χ1n) is 5.01. The first-order chi connectivity index (χ1) is 7.70. The van der Waals surface area contributed by atoms with Gasteiger partial charge < -0.3 is 4.74 Å². The molecule has 0 bridgehead atoms. The quantitative estimate of drug-likeness (QED) is 0.575. The highest BCUT2D eigenvalue weighted by atomic mass is 16.6. The van der Waals surface area contributed by atoms with Crippen LogP contribution in [0.2, 0.25) is 0 Å². The van der Waals surface area contributed by atoms with Gasteiger partial charge in [-0.25, -0.2) is 0 Å². The van der Waals surface area contributed by atoms with Gasteiger partial charge in [0.2, 0.25) is 0 Å². The number of rotatable bonds is 3. The molecule has 0 radical (unpaired) electrons. The Morgan fingerprint density at radius 3 is 3.12 bits per heavy atom. The third kappa shape index (κ3) is 1.96. The lowest BCUT2D eigenvalue weighted by molar-refractivity contribution is -0.384. The third-order valence-electron chi connectivity index (χ3n) is 2.57. The molecule has 1 unspecified atom stereocenters. The van der Waals surface area contributed by atoms with Crippen LogP contribution in [0.3, 0.4) is 0 Å². The Balaban J connectivity index is 2.13. The number of nitro benzene ring substituents is 1. The summed E-state index contributed by atoms with van der Waals surface area (Å²) in [5.41, 5.74) is 0.945. The maximum atomic E-state index is 10.6. The second kappa shape index (κ2) is 4.19. The van der Waals surface area contributed by atoms with Crippen molar-refractivity contribution in [2.45, 2.75) is 25.4 Å². The van der Waals surface area contributed by atoms with Gasteiger partial charge in [0.05, 0.1) is 11.0 Å². The fourth-order valence-electron chi connectivity index (χ4n) is 1.81. The highest BCUT2D eigenvalue weighted by Crippen LogP contribution is 2.33. The van der Waals surface area contributed by atoms with Crippen molar-refractivity contribution in [3.8, 4) is 11.8 Å². The summed E-state index contributed by atoms with van der Waals surface area (Å²) >= 11 is 0. The van der Waals surface area contributed by atoms with E-state index in [2.05, 4.69) is 6.07 Å². The Hall–Kier alpha value is -2.09. The first-order valence-corrected chi connectivity index (χ1v) is 5.01. The van der Waals surface area contributed by atoms with Gasteiger partial charge >= 0.3 is 0 Å². The normalized spacial score (nSPS) is 17.3. The van der Waals surface area contributed by atoms with E-state index < -0.39 is 4.92 Å². The van der Waals surface area contributed by atoms with Crippen LogP contribution in [0.25, 0.3) is 0 Å². The first kappa shape index (κ1) is 10.4. The molecule has 16 heavy (non-hydrogen) atoms. The van der Waals surface area contributed by atoms with Crippen LogP contribution < -0.4 is 4.74 Å². The average Bonchev–Trinajstić information content (AvgIpc) is 2.67. The van der Waals surface area contributed by atoms with Crippen molar-refractivity contribution < 1.29 is 9.66 Å². The summed E-state index contributed by atoms with van der Waals surface area (Å²) in [4.78, 5) is 10.2. The highest BCUT2D eigenvalue weighted by Gasteiger charge is 2.24. The summed E-state index contributed by atoms with van der Waals surface area (Å²) in [5, 5.41) is 19.0. The second-order valence-electron chi connectivity index (χ2n) is 3.69. The number of nitrogens with zero attached hydrogens (tertiary/aromatic N) is 2. The summed E-state index contributed by atoms with van der Waals surface area (Å²) in [6, 6.07) is 6.67. The van der Waals surface area contributed by atoms with Gasteiger partial charge in [0.25, 0.3) is 5.69 Å². The zero-order chi connectivity index (χ0) is 11.5. The molecule has 0 spiro atoms. The Morgan fingerprint density at radius 1 is 1.62 bits per heavy atom. The summed E-state index contributed by atoms with van der Waals surface area (Å²) in [7, 11) is 0. The van der Waals surface area contributed by atoms with Crippen LogP contribution in [0.4, 0.5) is 5.69 Å². The third-order valence-corrected chi connectivity index (χ3v) is 2.57. The monoisotopic (exact) mass is 218 g/mol. The molecule has 0 aliphatic carbocycles. The molecule has 1 aliphatic rings. The van der Waals surface area contributed by atoms with Crippen LogP contribution >= 0.6 is 0 Å². The van der Waals surface area contributed by atoms with Crippen LogP contribution in [0.5, 0.6) is 5.75 Å². The van der Waals surface area contributed by atoms with Gasteiger partial charge in [-0.1, -0.05) is 0 Å². The molecular formula is C11H10N2O3. The molecule has 5 nitrogen and oxygen atoms in total. The van der Waals surface area contributed by atoms with Crippen molar-refractivity contribution in [2.75, 3.05) is 0 Å². The summed E-state index contributed by atoms with van der Waals surface area (Å²) in [6.45, 7) is 0. The molecule has 0 saturated heterocycles. The number of hydrogen-bond donors (Lipinski definition) is 0. The van der Waals surface area contributed by atoms with Crippen LogP contribution in [0.1, 0.15) is 18.4 Å². The van der Waals surface area contributed by atoms with E-state index in [9.17, 15) is 10.1 Å². The molecule has 1 atom stereocenters. The number of non-ortho nitro benzene ring substituents is 1. The SMILES string of the molecule is N#CCCC1Cc2cc([N+](=O)[O-])ccc2O1. The predicted octanol–water partition coefficient (Wildman–Crippen LogP) is 2.20. The van der Waals surface area contributed by atoms with Crippen molar-refractivity contribution in [1.29, 1.82) is 5.26 Å². The molecule has 1 aromatic rings. The number of nitro groups is 1. The van der Waals surface area contributed by atoms with Crippen LogP contribution in [-0.2, 0) is 6.42 Å². The fourth-order valence-corrected chi connectivity index (χ4v) is 1.81. The number of nitriles is 1. The zero-order valence-corrected chi connectivity index (χ0v) is 8.55. The lowest BCUT2D eigenvalue weighted by Gasteiger charge is -2.06. The molecule has 0 fully saturated rings. The van der Waals surface area contributed by atoms with Crippen molar-refractivity contribution in [3.63, 3.8) is 0 Å². The number of hydrogen-bond acceptors (Lipinski definition) is 4. The van der Waals surface area contributed by atoms with Gasteiger partial charge in [0.1, 0.15) is 11.9 Å². The van der Waals surface area contributed by atoms with E-state index in [-0.39, 0.29) is 11.8 Å². The van der Waals surface area contributed by atoms with E-state index in [0.717, 1.165) is 5.56 Å². The van der Waals surface area contributed by atoms with Gasteiger partial charge in [-0.2, -0.15) is 5.26 Å². The zero-order valence-electron chi connectivity index (χ0n) is 8.55. The Labute approximate surface area is 92.4 Å². The largest absolute Gasteiger partial charge is 0.490 e. The van der Waals surface area contributed by atoms with Crippen molar-refractivity contribution in [1.82, 2.24) is 0 Å². The molecule has 5 heteroatoms. The lowest BCUT2D eigenvalue weighted by atomic mass is 10.1. The van der Waals surface area contributed by atoms with E-state index in [1.165, 1.54) is 6.07 Å². The number of ether oxygens (including phenoxy) is 1. The minimum atomic E-state index is -0.414. The van der Waals surface area contributed by atoms with Crippen LogP contribution in [0, 0.1) is 21.4 Å². The predicted molar refractivity (Wildman–Crippen MR) is 56.1 cm³/mol. The number of benzene rings is 1. The van der Waals surface area contributed by atoms with E-state index in [4.69, 9.17) is 10.00 Å². The van der Waals surface area contributed by atoms with Gasteiger partial charge in [0, 0.05) is 30.5 Å². The van der Waals surface area contributed by atoms with Gasteiger partial charge in [-0.05, 0) is 12.5 Å². The van der Waals surface area contributed by atoms with Crippen molar-refractivity contribution in [2.24, 2.45) is 0 Å². The second-order valence-corrected chi connectivity index (χ2v) is 3.69. The lowest BCUT2D eigenvalue weighted by Crippen LogP contribution is -2.11. The molecule has 1 aromatic carbocycles. The smallest absolute Gasteiger partial charge is 0.269 e. The van der Waals surface area contributed by atoms with Crippen LogP contribution in [0.15, 0.2) is 18.2 Å². The Bertz CT molecular complexity index is 465. The maximum Gasteiger partial charge on any atom is 0.269 e. The molecule has 82 valence electrons. The van der Waals surface area contributed by atoms with Crippen molar-refractivity contribution >= 4 is 5.69 Å². The minimum Gasteiger partial charge on any atom is -0.490 e. The van der Waals surface area contributed by atoms with Crippen LogP contribution in [-0.4, -0.2) is 11.0 Å². The highest BCUT2D eigenvalue weighted by molar-refractivity contribution is 5.46. The van der Waals surface area contributed by atoms with E-state index in [0.29, 0.717) is 25.0 Å². The Kier molecular flexibility index (Phi) is 2.73. The molecule has 0 N–H and O–H groups in total. The molecule has 1 aliphatic heterocycles. The fraction of sp³-hybridized carbons (Fsp3) is 0.364. The van der Waals surface area contributed by atoms with E-state index in [1.54, 1.807) is 12.1 Å². The topological polar surface area (TPSA) is 76.2 Å². The summed E-state index contributed by atoms with van der Waals surface area (Å²) in [6.07, 6.45) is 1.75. The summed E-state index contributed by atoms with van der Waals surface area (Å²) in [5.74, 6) is 0.702. The molecule has 2 rings (SSSR count). The molecule has 0 aromatic heterocycles. The van der Waals surface area contributed by atoms with E-state index >= 15 is 0 Å². The molecule has 0 amide bonds. The molecular weight excluding hydrogens is 208 g/mol. The Morgan fingerprint density at radius 2 is 2.44 bits per heavy atom. The van der Waals surface area contributed by atoms with Gasteiger partial charge in [0.15, 0.2) is 0 Å². The molecule has 0 saturated carbocycles. The summed E-state index contributed by atoms with van der Waals surface area (Å²) < 4.78 is 5.57. The van der Waals surface area contributed by atoms with Gasteiger partial charge in [-0.3, -0.25) is 10.1 Å². The maximum absolute atomic E-state index is 10.6. The number of fused-ring (bicyclic) bond motifs is 1. The molecule has 1 heterocycles. The van der Waals surface area contributed by atoms with Gasteiger partial charge in [-0.15, -0.1) is 0 Å².